The molecule has 0 amide bonds. The lowest BCUT2D eigenvalue weighted by molar-refractivity contribution is 0.112. The molecule has 0 aliphatic carbocycles. The second-order valence-corrected chi connectivity index (χ2v) is 5.61. The Bertz CT molecular complexity index is 1060. The zero-order chi connectivity index (χ0) is 16.4. The van der Waals surface area contributed by atoms with Crippen molar-refractivity contribution in [3.05, 3.63) is 95.6 Å². The predicted octanol–water partition coefficient (Wildman–Crippen LogP) is 5.21. The molecule has 24 heavy (non-hydrogen) atoms. The molecule has 0 saturated heterocycles. The molecule has 0 heterocycles. The van der Waals surface area contributed by atoms with E-state index in [1.165, 1.54) is 0 Å². The molecule has 0 atom stereocenters. The van der Waals surface area contributed by atoms with E-state index in [0.29, 0.717) is 0 Å². The van der Waals surface area contributed by atoms with Crippen LogP contribution in [0, 0.1) is 11.8 Å². The number of benzene rings is 4. The highest BCUT2D eigenvalue weighted by molar-refractivity contribution is 6.15. The maximum atomic E-state index is 11.7. The summed E-state index contributed by atoms with van der Waals surface area (Å²) in [6, 6.07) is 25.9. The van der Waals surface area contributed by atoms with Gasteiger partial charge in [0.25, 0.3) is 0 Å². The first-order valence-electron chi connectivity index (χ1n) is 7.84. The normalized spacial score (nSPS) is 10.3. The van der Waals surface area contributed by atoms with Crippen LogP contribution in [0.4, 0.5) is 0 Å². The van der Waals surface area contributed by atoms with E-state index < -0.39 is 0 Å². The summed E-state index contributed by atoms with van der Waals surface area (Å²) in [6.45, 7) is 0. The molecule has 0 aromatic heterocycles. The molecule has 4 aromatic carbocycles. The lowest BCUT2D eigenvalue weighted by Gasteiger charge is -2.10. The highest BCUT2D eigenvalue weighted by Crippen LogP contribution is 2.31. The Morgan fingerprint density at radius 2 is 1.08 bits per heavy atom. The monoisotopic (exact) mass is 306 g/mol. The Hall–Kier alpha value is -3.37. The minimum Gasteiger partial charge on any atom is -0.298 e. The van der Waals surface area contributed by atoms with Crippen LogP contribution >= 0.6 is 0 Å². The van der Waals surface area contributed by atoms with Crippen molar-refractivity contribution in [1.29, 1.82) is 0 Å². The van der Waals surface area contributed by atoms with Crippen molar-refractivity contribution in [2.45, 2.75) is 0 Å². The SMILES string of the molecule is O=Cc1c2ccccc2c(C#Cc2ccccc2)c2ccccc12. The van der Waals surface area contributed by atoms with Crippen molar-refractivity contribution in [3.8, 4) is 11.8 Å². The van der Waals surface area contributed by atoms with Gasteiger partial charge in [0, 0.05) is 16.7 Å². The van der Waals surface area contributed by atoms with E-state index in [1.807, 2.05) is 78.9 Å². The Morgan fingerprint density at radius 1 is 0.583 bits per heavy atom. The summed E-state index contributed by atoms with van der Waals surface area (Å²) < 4.78 is 0. The second-order valence-electron chi connectivity index (χ2n) is 5.61. The van der Waals surface area contributed by atoms with Crippen LogP contribution in [-0.2, 0) is 0 Å². The lowest BCUT2D eigenvalue weighted by atomic mass is 9.92. The number of carbonyl (C=O) groups is 1. The van der Waals surface area contributed by atoms with Crippen LogP contribution in [-0.4, -0.2) is 6.29 Å². The molecule has 0 spiro atoms. The fourth-order valence-electron chi connectivity index (χ4n) is 3.08. The van der Waals surface area contributed by atoms with Crippen molar-refractivity contribution in [3.63, 3.8) is 0 Å². The number of rotatable bonds is 1. The quantitative estimate of drug-likeness (QED) is 0.268. The van der Waals surface area contributed by atoms with E-state index in [2.05, 4.69) is 11.8 Å². The largest absolute Gasteiger partial charge is 0.298 e. The summed E-state index contributed by atoms with van der Waals surface area (Å²) in [7, 11) is 0. The van der Waals surface area contributed by atoms with Gasteiger partial charge < -0.3 is 0 Å². The average Bonchev–Trinajstić information content (AvgIpc) is 2.66. The van der Waals surface area contributed by atoms with E-state index >= 15 is 0 Å². The van der Waals surface area contributed by atoms with E-state index in [-0.39, 0.29) is 0 Å². The van der Waals surface area contributed by atoms with Crippen LogP contribution in [0.15, 0.2) is 78.9 Å². The van der Waals surface area contributed by atoms with E-state index in [1.54, 1.807) is 0 Å². The molecule has 1 nitrogen and oxygen atoms in total. The molecule has 4 aromatic rings. The third-order valence-electron chi connectivity index (χ3n) is 4.20. The first-order valence-corrected chi connectivity index (χ1v) is 7.84. The predicted molar refractivity (Wildman–Crippen MR) is 99.3 cm³/mol. The zero-order valence-corrected chi connectivity index (χ0v) is 13.0. The fraction of sp³-hybridized carbons (Fsp3) is 0. The van der Waals surface area contributed by atoms with Gasteiger partial charge in [0.15, 0.2) is 6.29 Å². The maximum Gasteiger partial charge on any atom is 0.151 e. The molecule has 0 fully saturated rings. The molecule has 4 rings (SSSR count). The van der Waals surface area contributed by atoms with Gasteiger partial charge >= 0.3 is 0 Å². The van der Waals surface area contributed by atoms with E-state index in [0.717, 1.165) is 44.5 Å². The highest BCUT2D eigenvalue weighted by Gasteiger charge is 2.11. The van der Waals surface area contributed by atoms with Crippen molar-refractivity contribution in [2.75, 3.05) is 0 Å². The van der Waals surface area contributed by atoms with Crippen LogP contribution in [0.1, 0.15) is 21.5 Å². The molecule has 0 saturated carbocycles. The van der Waals surface area contributed by atoms with Gasteiger partial charge in [0.1, 0.15) is 0 Å². The third-order valence-corrected chi connectivity index (χ3v) is 4.20. The van der Waals surface area contributed by atoms with E-state index in [9.17, 15) is 4.79 Å². The summed E-state index contributed by atoms with van der Waals surface area (Å²) >= 11 is 0. The molecular formula is C23H14O. The Labute approximate surface area is 140 Å². The molecule has 0 radical (unpaired) electrons. The Morgan fingerprint density at radius 3 is 1.62 bits per heavy atom. The third kappa shape index (κ3) is 2.35. The standard InChI is InChI=1S/C23H14O/c24-16-23-20-12-6-4-10-18(20)22(19-11-5-7-13-21(19)23)15-14-17-8-2-1-3-9-17/h1-13,16H. The van der Waals surface area contributed by atoms with Crippen LogP contribution in [0.5, 0.6) is 0 Å². The molecule has 0 aliphatic rings. The van der Waals surface area contributed by atoms with Crippen molar-refractivity contribution < 1.29 is 4.79 Å². The molecular weight excluding hydrogens is 292 g/mol. The Kier molecular flexibility index (Phi) is 3.57. The summed E-state index contributed by atoms with van der Waals surface area (Å²) in [4.78, 5) is 11.7. The van der Waals surface area contributed by atoms with Gasteiger partial charge in [-0.25, -0.2) is 0 Å². The molecule has 112 valence electrons. The smallest absolute Gasteiger partial charge is 0.151 e. The minimum atomic E-state index is 0.728. The Balaban J connectivity index is 2.10. The van der Waals surface area contributed by atoms with Gasteiger partial charge in [-0.15, -0.1) is 0 Å². The number of aldehydes is 1. The first kappa shape index (κ1) is 14.2. The molecule has 0 aliphatic heterocycles. The van der Waals surface area contributed by atoms with Gasteiger partial charge in [-0.05, 0) is 33.7 Å². The summed E-state index contributed by atoms with van der Waals surface area (Å²) in [6.07, 6.45) is 0.944. The number of hydrogen-bond acceptors (Lipinski definition) is 1. The maximum absolute atomic E-state index is 11.7. The van der Waals surface area contributed by atoms with Crippen molar-refractivity contribution in [1.82, 2.24) is 0 Å². The molecule has 0 unspecified atom stereocenters. The topological polar surface area (TPSA) is 17.1 Å². The number of hydrogen-bond donors (Lipinski definition) is 0. The van der Waals surface area contributed by atoms with Crippen LogP contribution in [0.3, 0.4) is 0 Å². The van der Waals surface area contributed by atoms with Gasteiger partial charge in [-0.1, -0.05) is 78.6 Å². The van der Waals surface area contributed by atoms with Crippen molar-refractivity contribution in [2.24, 2.45) is 0 Å². The summed E-state index contributed by atoms with van der Waals surface area (Å²) in [5.41, 5.74) is 2.67. The first-order chi connectivity index (χ1) is 11.9. The number of fused-ring (bicyclic) bond motifs is 2. The van der Waals surface area contributed by atoms with E-state index in [4.69, 9.17) is 0 Å². The number of carbonyl (C=O) groups excluding carboxylic acids is 1. The van der Waals surface area contributed by atoms with Gasteiger partial charge in [-0.3, -0.25) is 4.79 Å². The van der Waals surface area contributed by atoms with Crippen LogP contribution in [0.2, 0.25) is 0 Å². The fourth-order valence-corrected chi connectivity index (χ4v) is 3.08. The van der Waals surface area contributed by atoms with Gasteiger partial charge in [0.05, 0.1) is 0 Å². The zero-order valence-electron chi connectivity index (χ0n) is 13.0. The van der Waals surface area contributed by atoms with Crippen LogP contribution in [0.25, 0.3) is 21.5 Å². The molecule has 0 N–H and O–H groups in total. The minimum absolute atomic E-state index is 0.728. The highest BCUT2D eigenvalue weighted by atomic mass is 16.1. The second kappa shape index (κ2) is 6.02. The molecule has 1 heteroatoms. The van der Waals surface area contributed by atoms with Gasteiger partial charge in [-0.2, -0.15) is 0 Å². The summed E-state index contributed by atoms with van der Waals surface area (Å²) in [5.74, 6) is 6.58. The van der Waals surface area contributed by atoms with Crippen molar-refractivity contribution >= 4 is 27.8 Å². The summed E-state index contributed by atoms with van der Waals surface area (Å²) in [5, 5.41) is 3.93. The average molecular weight is 306 g/mol. The lowest BCUT2D eigenvalue weighted by Crippen LogP contribution is -1.92. The van der Waals surface area contributed by atoms with Crippen LogP contribution < -0.4 is 0 Å². The van der Waals surface area contributed by atoms with Gasteiger partial charge in [0.2, 0.25) is 0 Å². The molecule has 0 bridgehead atoms.